The molecule has 32 heavy (non-hydrogen) atoms. The van der Waals surface area contributed by atoms with Crippen LogP contribution >= 0.6 is 0 Å². The maximum absolute atomic E-state index is 12.8. The van der Waals surface area contributed by atoms with Crippen molar-refractivity contribution in [2.24, 2.45) is 5.92 Å². The number of aryl methyl sites for hydroxylation is 1. The van der Waals surface area contributed by atoms with E-state index in [0.717, 1.165) is 42.0 Å². The summed E-state index contributed by atoms with van der Waals surface area (Å²) in [6, 6.07) is 15.5. The molecule has 0 saturated carbocycles. The first-order chi connectivity index (χ1) is 15.5. The Kier molecular flexibility index (Phi) is 6.85. The van der Waals surface area contributed by atoms with Gasteiger partial charge < -0.3 is 14.6 Å². The molecular weight excluding hydrogens is 404 g/mol. The number of likely N-dealkylation sites (tertiary alicyclic amines) is 1. The molecule has 168 valence electrons. The predicted octanol–water partition coefficient (Wildman–Crippen LogP) is 4.68. The van der Waals surface area contributed by atoms with Crippen LogP contribution in [0.2, 0.25) is 0 Å². The molecule has 1 amide bonds. The molecular formula is C25H30N4O3. The zero-order valence-corrected chi connectivity index (χ0v) is 18.9. The number of carbonyl (C=O) groups is 1. The van der Waals surface area contributed by atoms with Crippen molar-refractivity contribution >= 4 is 11.6 Å². The van der Waals surface area contributed by atoms with Crippen LogP contribution in [0.4, 0.5) is 5.69 Å². The third kappa shape index (κ3) is 5.53. The average molecular weight is 435 g/mol. The molecule has 0 radical (unpaired) electrons. The Balaban J connectivity index is 1.33. The van der Waals surface area contributed by atoms with Crippen molar-refractivity contribution in [2.45, 2.75) is 46.3 Å². The van der Waals surface area contributed by atoms with E-state index in [0.29, 0.717) is 24.8 Å². The Bertz CT molecular complexity index is 1050. The molecule has 1 atom stereocenters. The van der Waals surface area contributed by atoms with E-state index >= 15 is 0 Å². The van der Waals surface area contributed by atoms with Crippen LogP contribution < -0.4 is 10.1 Å². The van der Waals surface area contributed by atoms with Crippen molar-refractivity contribution in [1.82, 2.24) is 15.0 Å². The first-order valence-electron chi connectivity index (χ1n) is 11.2. The standard InChI is InChI=1S/C25H30N4O3/c1-17(2)31-21-12-10-20(11-13-21)26-25(30)19-8-6-14-29(15-19)16-23-27-24(28-32-23)22-9-5-4-7-18(22)3/h4-5,7,9-13,17,19H,6,8,14-16H2,1-3H3,(H,26,30). The second-order valence-electron chi connectivity index (χ2n) is 8.58. The summed E-state index contributed by atoms with van der Waals surface area (Å²) in [4.78, 5) is 19.6. The van der Waals surface area contributed by atoms with E-state index in [2.05, 4.69) is 20.4 Å². The predicted molar refractivity (Wildman–Crippen MR) is 123 cm³/mol. The molecule has 7 heteroatoms. The monoisotopic (exact) mass is 434 g/mol. The van der Waals surface area contributed by atoms with Crippen LogP contribution in [-0.2, 0) is 11.3 Å². The van der Waals surface area contributed by atoms with Gasteiger partial charge in [-0.3, -0.25) is 9.69 Å². The van der Waals surface area contributed by atoms with E-state index in [4.69, 9.17) is 9.26 Å². The van der Waals surface area contributed by atoms with Gasteiger partial charge in [-0.1, -0.05) is 29.4 Å². The van der Waals surface area contributed by atoms with Gasteiger partial charge in [0.25, 0.3) is 0 Å². The smallest absolute Gasteiger partial charge is 0.241 e. The first-order valence-corrected chi connectivity index (χ1v) is 11.2. The van der Waals surface area contributed by atoms with Crippen LogP contribution in [0.3, 0.4) is 0 Å². The summed E-state index contributed by atoms with van der Waals surface area (Å²) in [5.74, 6) is 1.94. The summed E-state index contributed by atoms with van der Waals surface area (Å²) in [5.41, 5.74) is 2.87. The molecule has 1 unspecified atom stereocenters. The van der Waals surface area contributed by atoms with Crippen molar-refractivity contribution < 1.29 is 14.1 Å². The minimum atomic E-state index is -0.0749. The first kappa shape index (κ1) is 22.0. The van der Waals surface area contributed by atoms with Crippen LogP contribution in [0.15, 0.2) is 53.1 Å². The molecule has 1 fully saturated rings. The number of aromatic nitrogens is 2. The molecule has 1 saturated heterocycles. The maximum Gasteiger partial charge on any atom is 0.241 e. The SMILES string of the molecule is Cc1ccccc1-c1noc(CN2CCCC(C(=O)Nc3ccc(OC(C)C)cc3)C2)n1. The second kappa shape index (κ2) is 9.96. The molecule has 4 rings (SSSR count). The molecule has 0 aliphatic carbocycles. The lowest BCUT2D eigenvalue weighted by Gasteiger charge is -2.30. The number of piperidine rings is 1. The Labute approximate surface area is 188 Å². The number of benzene rings is 2. The van der Waals surface area contributed by atoms with Gasteiger partial charge in [0.15, 0.2) is 0 Å². The van der Waals surface area contributed by atoms with Gasteiger partial charge in [0.05, 0.1) is 18.6 Å². The van der Waals surface area contributed by atoms with E-state index in [-0.39, 0.29) is 17.9 Å². The molecule has 0 bridgehead atoms. The topological polar surface area (TPSA) is 80.5 Å². The molecule has 0 spiro atoms. The van der Waals surface area contributed by atoms with Crippen LogP contribution in [0, 0.1) is 12.8 Å². The fourth-order valence-electron chi connectivity index (χ4n) is 3.99. The van der Waals surface area contributed by atoms with Gasteiger partial charge in [0.2, 0.25) is 17.6 Å². The van der Waals surface area contributed by atoms with E-state index in [1.54, 1.807) is 0 Å². The molecule has 3 aromatic rings. The van der Waals surface area contributed by atoms with Gasteiger partial charge in [-0.2, -0.15) is 4.98 Å². The van der Waals surface area contributed by atoms with Crippen LogP contribution in [0.25, 0.3) is 11.4 Å². The summed E-state index contributed by atoms with van der Waals surface area (Å²) < 4.78 is 11.1. The highest BCUT2D eigenvalue weighted by atomic mass is 16.5. The number of amides is 1. The quantitative estimate of drug-likeness (QED) is 0.581. The van der Waals surface area contributed by atoms with Crippen molar-refractivity contribution in [1.29, 1.82) is 0 Å². The minimum absolute atomic E-state index is 0.0401. The molecule has 1 aromatic heterocycles. The van der Waals surface area contributed by atoms with E-state index in [1.165, 1.54) is 0 Å². The average Bonchev–Trinajstić information content (AvgIpc) is 3.23. The number of ether oxygens (including phenoxy) is 1. The number of rotatable bonds is 7. The molecule has 2 aromatic carbocycles. The summed E-state index contributed by atoms with van der Waals surface area (Å²) in [7, 11) is 0. The molecule has 2 heterocycles. The lowest BCUT2D eigenvalue weighted by molar-refractivity contribution is -0.121. The summed E-state index contributed by atoms with van der Waals surface area (Å²) >= 11 is 0. The van der Waals surface area contributed by atoms with Gasteiger partial charge in [0.1, 0.15) is 5.75 Å². The van der Waals surface area contributed by atoms with Gasteiger partial charge >= 0.3 is 0 Å². The number of anilines is 1. The molecule has 1 aliphatic heterocycles. The highest BCUT2D eigenvalue weighted by molar-refractivity contribution is 5.92. The fraction of sp³-hybridized carbons (Fsp3) is 0.400. The van der Waals surface area contributed by atoms with Crippen LogP contribution in [0.5, 0.6) is 5.75 Å². The normalized spacial score (nSPS) is 16.8. The number of nitrogens with one attached hydrogen (secondary N) is 1. The van der Waals surface area contributed by atoms with Gasteiger partial charge in [-0.25, -0.2) is 0 Å². The second-order valence-corrected chi connectivity index (χ2v) is 8.58. The van der Waals surface area contributed by atoms with Gasteiger partial charge in [-0.15, -0.1) is 0 Å². The molecule has 1 N–H and O–H groups in total. The van der Waals surface area contributed by atoms with Gasteiger partial charge in [-0.05, 0) is 70.0 Å². The maximum atomic E-state index is 12.8. The number of carbonyl (C=O) groups excluding carboxylic acids is 1. The lowest BCUT2D eigenvalue weighted by Crippen LogP contribution is -2.40. The van der Waals surface area contributed by atoms with Crippen molar-refractivity contribution in [3.63, 3.8) is 0 Å². The Morgan fingerprint density at radius 3 is 2.75 bits per heavy atom. The largest absolute Gasteiger partial charge is 0.491 e. The molecule has 1 aliphatic rings. The summed E-state index contributed by atoms with van der Waals surface area (Å²) in [5, 5.41) is 7.18. The van der Waals surface area contributed by atoms with E-state index in [1.807, 2.05) is 69.3 Å². The van der Waals surface area contributed by atoms with E-state index < -0.39 is 0 Å². The fourth-order valence-corrected chi connectivity index (χ4v) is 3.99. The Morgan fingerprint density at radius 2 is 2.00 bits per heavy atom. The van der Waals surface area contributed by atoms with Crippen molar-refractivity contribution in [3.05, 3.63) is 60.0 Å². The highest BCUT2D eigenvalue weighted by Crippen LogP contribution is 2.23. The Hall–Kier alpha value is -3.19. The number of hydrogen-bond donors (Lipinski definition) is 1. The molecule has 7 nitrogen and oxygen atoms in total. The van der Waals surface area contributed by atoms with Gasteiger partial charge in [0, 0.05) is 17.8 Å². The van der Waals surface area contributed by atoms with Crippen molar-refractivity contribution in [2.75, 3.05) is 18.4 Å². The zero-order chi connectivity index (χ0) is 22.5. The minimum Gasteiger partial charge on any atom is -0.491 e. The number of nitrogens with zero attached hydrogens (tertiary/aromatic N) is 3. The third-order valence-electron chi connectivity index (χ3n) is 5.58. The highest BCUT2D eigenvalue weighted by Gasteiger charge is 2.27. The third-order valence-corrected chi connectivity index (χ3v) is 5.58. The van der Waals surface area contributed by atoms with E-state index in [9.17, 15) is 4.79 Å². The summed E-state index contributed by atoms with van der Waals surface area (Å²) in [6.45, 7) is 8.13. The zero-order valence-electron chi connectivity index (χ0n) is 18.9. The van der Waals surface area contributed by atoms with Crippen molar-refractivity contribution in [3.8, 4) is 17.1 Å². The van der Waals surface area contributed by atoms with Crippen LogP contribution in [0.1, 0.15) is 38.1 Å². The van der Waals surface area contributed by atoms with Crippen LogP contribution in [-0.4, -0.2) is 40.1 Å². The Morgan fingerprint density at radius 1 is 1.22 bits per heavy atom. The summed E-state index contributed by atoms with van der Waals surface area (Å²) in [6.07, 6.45) is 1.95. The number of hydrogen-bond acceptors (Lipinski definition) is 6. The lowest BCUT2D eigenvalue weighted by atomic mass is 9.97.